The number of hydrogen-bond donors (Lipinski definition) is 1. The van der Waals surface area contributed by atoms with Crippen molar-refractivity contribution in [3.05, 3.63) is 112 Å². The summed E-state index contributed by atoms with van der Waals surface area (Å²) in [4.78, 5) is 10.3. The number of carboxylic acids is 1. The van der Waals surface area contributed by atoms with Crippen molar-refractivity contribution in [1.82, 2.24) is 0 Å². The molecule has 0 amide bonds. The number of hydrogen-bond acceptors (Lipinski definition) is 1. The van der Waals surface area contributed by atoms with Crippen molar-refractivity contribution >= 4 is 12.0 Å². The van der Waals surface area contributed by atoms with Crippen molar-refractivity contribution in [2.24, 2.45) is 0 Å². The molecule has 3 aromatic rings. The normalized spacial score (nSPS) is 11.9. The van der Waals surface area contributed by atoms with Crippen molar-refractivity contribution in [3.63, 3.8) is 0 Å². The molecule has 0 fully saturated rings. The molecule has 1 aliphatic rings. The summed E-state index contributed by atoms with van der Waals surface area (Å²) < 4.78 is 0. The molecule has 2 nitrogen and oxygen atoms in total. The quantitative estimate of drug-likeness (QED) is 0.588. The smallest absolute Gasteiger partial charge is 0.335 e. The van der Waals surface area contributed by atoms with E-state index in [9.17, 15) is 4.79 Å². The molecule has 4 rings (SSSR count). The van der Waals surface area contributed by atoms with E-state index < -0.39 is 5.97 Å². The lowest BCUT2D eigenvalue weighted by Gasteiger charge is -2.06. The Balaban J connectivity index is 0.000000192. The maximum atomic E-state index is 10.3. The standard InChI is InChI=1S/C18H18.C8H8O2/c1-14-6-2-3-7-16(14)11-10-15-12-17-8-4-5-9-18(17)13-15;1-6-2-4-7(5-3-6)8(9)10/h2-9,12H,10-11,13H2,1H3;2-5H,1H3,(H,9,10). The van der Waals surface area contributed by atoms with E-state index in [1.165, 1.54) is 28.7 Å². The van der Waals surface area contributed by atoms with Crippen LogP contribution >= 0.6 is 0 Å². The van der Waals surface area contributed by atoms with Crippen LogP contribution in [0.15, 0.2) is 78.4 Å². The average Bonchev–Trinajstić information content (AvgIpc) is 3.11. The molecule has 0 radical (unpaired) electrons. The molecule has 0 heterocycles. The second kappa shape index (κ2) is 9.18. The number of benzene rings is 3. The fourth-order valence-electron chi connectivity index (χ4n) is 3.39. The molecule has 0 aromatic heterocycles. The number of aromatic carboxylic acids is 1. The van der Waals surface area contributed by atoms with Gasteiger partial charge in [0.05, 0.1) is 5.56 Å². The first-order valence-electron chi connectivity index (χ1n) is 9.65. The van der Waals surface area contributed by atoms with Crippen molar-refractivity contribution in [2.75, 3.05) is 0 Å². The number of rotatable bonds is 4. The average molecular weight is 370 g/mol. The van der Waals surface area contributed by atoms with Crippen LogP contribution in [0.2, 0.25) is 0 Å². The lowest BCUT2D eigenvalue weighted by molar-refractivity contribution is 0.0697. The van der Waals surface area contributed by atoms with Crippen LogP contribution in [0.5, 0.6) is 0 Å². The first-order chi connectivity index (χ1) is 13.5. The molecule has 3 aromatic carbocycles. The van der Waals surface area contributed by atoms with Crippen LogP contribution in [-0.4, -0.2) is 11.1 Å². The second-order valence-corrected chi connectivity index (χ2v) is 7.28. The highest BCUT2D eigenvalue weighted by molar-refractivity contribution is 5.87. The van der Waals surface area contributed by atoms with Crippen LogP contribution in [-0.2, 0) is 12.8 Å². The van der Waals surface area contributed by atoms with E-state index >= 15 is 0 Å². The minimum Gasteiger partial charge on any atom is -0.478 e. The minimum absolute atomic E-state index is 0.339. The third kappa shape index (κ3) is 5.20. The van der Waals surface area contributed by atoms with Gasteiger partial charge in [0.2, 0.25) is 0 Å². The van der Waals surface area contributed by atoms with Crippen LogP contribution < -0.4 is 0 Å². The van der Waals surface area contributed by atoms with Gasteiger partial charge < -0.3 is 5.11 Å². The van der Waals surface area contributed by atoms with E-state index in [2.05, 4.69) is 61.5 Å². The Morgan fingerprint density at radius 3 is 2.21 bits per heavy atom. The zero-order chi connectivity index (χ0) is 19.9. The highest BCUT2D eigenvalue weighted by Gasteiger charge is 2.11. The van der Waals surface area contributed by atoms with Gasteiger partial charge in [-0.3, -0.25) is 0 Å². The van der Waals surface area contributed by atoms with E-state index in [4.69, 9.17) is 5.11 Å². The molecule has 1 N–H and O–H groups in total. The van der Waals surface area contributed by atoms with Gasteiger partial charge in [-0.05, 0) is 67.5 Å². The van der Waals surface area contributed by atoms with Crippen LogP contribution in [0.4, 0.5) is 0 Å². The summed E-state index contributed by atoms with van der Waals surface area (Å²) in [5.41, 5.74) is 8.77. The van der Waals surface area contributed by atoms with Crippen molar-refractivity contribution < 1.29 is 9.90 Å². The van der Waals surface area contributed by atoms with Gasteiger partial charge in [-0.2, -0.15) is 0 Å². The Labute approximate surface area is 167 Å². The maximum absolute atomic E-state index is 10.3. The van der Waals surface area contributed by atoms with Crippen LogP contribution in [0.3, 0.4) is 0 Å². The Bertz CT molecular complexity index is 981. The molecule has 0 bridgehead atoms. The van der Waals surface area contributed by atoms with Gasteiger partial charge >= 0.3 is 5.97 Å². The molecule has 0 atom stereocenters. The van der Waals surface area contributed by atoms with Crippen molar-refractivity contribution in [2.45, 2.75) is 33.1 Å². The van der Waals surface area contributed by atoms with Crippen LogP contribution in [0.1, 0.15) is 44.6 Å². The molecule has 0 saturated heterocycles. The molecular weight excluding hydrogens is 344 g/mol. The summed E-state index contributed by atoms with van der Waals surface area (Å²) in [5, 5.41) is 8.48. The molecule has 0 spiro atoms. The Morgan fingerprint density at radius 2 is 1.54 bits per heavy atom. The van der Waals surface area contributed by atoms with Gasteiger partial charge in [-0.15, -0.1) is 0 Å². The predicted molar refractivity (Wildman–Crippen MR) is 116 cm³/mol. The number of aryl methyl sites for hydroxylation is 3. The Hall–Kier alpha value is -3.13. The zero-order valence-corrected chi connectivity index (χ0v) is 16.5. The molecule has 2 heteroatoms. The van der Waals surface area contributed by atoms with Gasteiger partial charge in [-0.1, -0.05) is 77.9 Å². The van der Waals surface area contributed by atoms with Gasteiger partial charge in [0, 0.05) is 0 Å². The number of carboxylic acid groups (broad SMARTS) is 1. The summed E-state index contributed by atoms with van der Waals surface area (Å²) in [5.74, 6) is -0.875. The number of carbonyl (C=O) groups is 1. The zero-order valence-electron chi connectivity index (χ0n) is 16.5. The van der Waals surface area contributed by atoms with E-state index in [0.717, 1.165) is 18.4 Å². The first-order valence-corrected chi connectivity index (χ1v) is 9.65. The van der Waals surface area contributed by atoms with E-state index in [-0.39, 0.29) is 0 Å². The maximum Gasteiger partial charge on any atom is 0.335 e. The monoisotopic (exact) mass is 370 g/mol. The van der Waals surface area contributed by atoms with E-state index in [1.807, 2.05) is 6.92 Å². The molecule has 28 heavy (non-hydrogen) atoms. The predicted octanol–water partition coefficient (Wildman–Crippen LogP) is 6.26. The van der Waals surface area contributed by atoms with Gasteiger partial charge in [0.25, 0.3) is 0 Å². The Morgan fingerprint density at radius 1 is 0.857 bits per heavy atom. The largest absolute Gasteiger partial charge is 0.478 e. The minimum atomic E-state index is -0.875. The highest BCUT2D eigenvalue weighted by atomic mass is 16.4. The molecule has 0 aliphatic heterocycles. The van der Waals surface area contributed by atoms with E-state index in [1.54, 1.807) is 29.8 Å². The third-order valence-electron chi connectivity index (χ3n) is 5.11. The summed E-state index contributed by atoms with van der Waals surface area (Å²) >= 11 is 0. The lowest BCUT2D eigenvalue weighted by atomic mass is 10.00. The summed E-state index contributed by atoms with van der Waals surface area (Å²) in [6, 6.07) is 24.2. The molecule has 1 aliphatic carbocycles. The fraction of sp³-hybridized carbons (Fsp3) is 0.192. The molecule has 0 unspecified atom stereocenters. The van der Waals surface area contributed by atoms with Crippen LogP contribution in [0, 0.1) is 13.8 Å². The SMILES string of the molecule is Cc1ccc(C(=O)O)cc1.Cc1ccccc1CCC1=Cc2ccccc2C1. The van der Waals surface area contributed by atoms with Crippen LogP contribution in [0.25, 0.3) is 6.08 Å². The summed E-state index contributed by atoms with van der Waals surface area (Å²) in [7, 11) is 0. The first kappa shape index (κ1) is 19.6. The van der Waals surface area contributed by atoms with E-state index in [0.29, 0.717) is 5.56 Å². The Kier molecular flexibility index (Phi) is 6.44. The summed E-state index contributed by atoms with van der Waals surface area (Å²) in [6.45, 7) is 4.12. The lowest BCUT2D eigenvalue weighted by Crippen LogP contribution is -1.94. The fourth-order valence-corrected chi connectivity index (χ4v) is 3.39. The third-order valence-corrected chi connectivity index (χ3v) is 5.11. The topological polar surface area (TPSA) is 37.3 Å². The summed E-state index contributed by atoms with van der Waals surface area (Å²) in [6.07, 6.45) is 5.85. The van der Waals surface area contributed by atoms with Gasteiger partial charge in [-0.25, -0.2) is 4.79 Å². The van der Waals surface area contributed by atoms with Gasteiger partial charge in [0.1, 0.15) is 0 Å². The van der Waals surface area contributed by atoms with Crippen molar-refractivity contribution in [3.8, 4) is 0 Å². The number of allylic oxidation sites excluding steroid dienone is 1. The molecule has 142 valence electrons. The molecular formula is C26H26O2. The number of fused-ring (bicyclic) bond motifs is 1. The van der Waals surface area contributed by atoms with Gasteiger partial charge in [0.15, 0.2) is 0 Å². The highest BCUT2D eigenvalue weighted by Crippen LogP contribution is 2.27. The second-order valence-electron chi connectivity index (χ2n) is 7.28. The van der Waals surface area contributed by atoms with Crippen molar-refractivity contribution in [1.29, 1.82) is 0 Å². The molecule has 0 saturated carbocycles.